The van der Waals surface area contributed by atoms with Crippen LogP contribution in [0.2, 0.25) is 0 Å². The summed E-state index contributed by atoms with van der Waals surface area (Å²) >= 11 is 0. The van der Waals surface area contributed by atoms with E-state index in [-0.39, 0.29) is 17.2 Å². The van der Waals surface area contributed by atoms with E-state index in [0.29, 0.717) is 11.4 Å². The molecule has 0 radical (unpaired) electrons. The Morgan fingerprint density at radius 2 is 2.10 bits per heavy atom. The molecule has 0 spiro atoms. The number of aromatic nitrogens is 3. The second-order valence-electron chi connectivity index (χ2n) is 4.42. The number of anilines is 1. The van der Waals surface area contributed by atoms with Crippen molar-refractivity contribution in [2.45, 2.75) is 13.0 Å². The van der Waals surface area contributed by atoms with Gasteiger partial charge in [0.15, 0.2) is 11.5 Å². The van der Waals surface area contributed by atoms with E-state index in [9.17, 15) is 14.9 Å². The molecular formula is C12H11N5O3. The number of ketones is 1. The number of rotatable bonds is 3. The first-order chi connectivity index (χ1) is 9.66. The van der Waals surface area contributed by atoms with Crippen molar-refractivity contribution in [3.63, 3.8) is 0 Å². The van der Waals surface area contributed by atoms with Crippen molar-refractivity contribution in [2.24, 2.45) is 0 Å². The Kier molecular flexibility index (Phi) is 2.90. The van der Waals surface area contributed by atoms with Gasteiger partial charge in [-0.2, -0.15) is 0 Å². The first-order valence-electron chi connectivity index (χ1n) is 6.13. The molecule has 2 heterocycles. The van der Waals surface area contributed by atoms with E-state index in [1.54, 1.807) is 4.68 Å². The summed E-state index contributed by atoms with van der Waals surface area (Å²) in [5.74, 6) is 0.315. The maximum Gasteiger partial charge on any atom is 0.269 e. The van der Waals surface area contributed by atoms with Crippen LogP contribution in [0.15, 0.2) is 24.3 Å². The molecule has 1 N–H and O–H groups in total. The van der Waals surface area contributed by atoms with Crippen LogP contribution in [0.4, 0.5) is 11.5 Å². The number of carbonyl (C=O) groups is 1. The van der Waals surface area contributed by atoms with E-state index in [2.05, 4.69) is 15.6 Å². The summed E-state index contributed by atoms with van der Waals surface area (Å²) in [5.41, 5.74) is 0.550. The van der Waals surface area contributed by atoms with Gasteiger partial charge >= 0.3 is 0 Å². The molecule has 0 aliphatic carbocycles. The molecule has 0 saturated carbocycles. The zero-order chi connectivity index (χ0) is 14.1. The normalized spacial score (nSPS) is 13.4. The fourth-order valence-corrected chi connectivity index (χ4v) is 2.10. The standard InChI is InChI=1S/C12H11N5O3/c18-11(8-2-4-9(5-3-8)17(19)20)10-12-13-6-1-7-16(12)15-14-10/h2-5,13H,1,6-7H2. The van der Waals surface area contributed by atoms with E-state index in [1.807, 2.05) is 0 Å². The summed E-state index contributed by atoms with van der Waals surface area (Å²) in [6.45, 7) is 1.50. The Hall–Kier alpha value is -2.77. The van der Waals surface area contributed by atoms with E-state index in [1.165, 1.54) is 24.3 Å². The summed E-state index contributed by atoms with van der Waals surface area (Å²) in [6, 6.07) is 5.46. The molecule has 20 heavy (non-hydrogen) atoms. The van der Waals surface area contributed by atoms with Crippen molar-refractivity contribution in [1.29, 1.82) is 0 Å². The van der Waals surface area contributed by atoms with Gasteiger partial charge in [-0.15, -0.1) is 5.10 Å². The zero-order valence-corrected chi connectivity index (χ0v) is 10.4. The van der Waals surface area contributed by atoms with Gasteiger partial charge in [0.05, 0.1) is 4.92 Å². The number of aryl methyl sites for hydroxylation is 1. The highest BCUT2D eigenvalue weighted by Gasteiger charge is 2.23. The molecular weight excluding hydrogens is 262 g/mol. The van der Waals surface area contributed by atoms with Crippen LogP contribution in [-0.4, -0.2) is 32.2 Å². The third-order valence-electron chi connectivity index (χ3n) is 3.13. The van der Waals surface area contributed by atoms with Crippen molar-refractivity contribution >= 4 is 17.3 Å². The summed E-state index contributed by atoms with van der Waals surface area (Å²) in [6.07, 6.45) is 0.932. The van der Waals surface area contributed by atoms with Crippen LogP contribution >= 0.6 is 0 Å². The van der Waals surface area contributed by atoms with Crippen LogP contribution in [-0.2, 0) is 6.54 Å². The van der Waals surface area contributed by atoms with Gasteiger partial charge in [-0.3, -0.25) is 14.9 Å². The first kappa shape index (κ1) is 12.3. The third kappa shape index (κ3) is 2.00. The number of nitro groups is 1. The van der Waals surface area contributed by atoms with Crippen LogP contribution in [0.5, 0.6) is 0 Å². The second-order valence-corrected chi connectivity index (χ2v) is 4.42. The molecule has 2 aromatic rings. The van der Waals surface area contributed by atoms with Crippen molar-refractivity contribution < 1.29 is 9.72 Å². The molecule has 1 aromatic heterocycles. The summed E-state index contributed by atoms with van der Waals surface area (Å²) in [7, 11) is 0. The maximum absolute atomic E-state index is 12.3. The van der Waals surface area contributed by atoms with E-state index in [0.717, 1.165) is 19.5 Å². The number of nitro benzene ring substituents is 1. The molecule has 0 fully saturated rings. The monoisotopic (exact) mass is 273 g/mol. The SMILES string of the molecule is O=C(c1ccc([N+](=O)[O-])cc1)c1nnn2c1NCCC2. The Morgan fingerprint density at radius 1 is 1.35 bits per heavy atom. The van der Waals surface area contributed by atoms with E-state index in [4.69, 9.17) is 0 Å². The van der Waals surface area contributed by atoms with Gasteiger partial charge in [0.25, 0.3) is 5.69 Å². The maximum atomic E-state index is 12.3. The van der Waals surface area contributed by atoms with Gasteiger partial charge in [-0.05, 0) is 18.6 Å². The summed E-state index contributed by atoms with van der Waals surface area (Å²) < 4.78 is 1.65. The fraction of sp³-hybridized carbons (Fsp3) is 0.250. The zero-order valence-electron chi connectivity index (χ0n) is 10.4. The number of benzene rings is 1. The number of hydrogen-bond donors (Lipinski definition) is 1. The van der Waals surface area contributed by atoms with Crippen molar-refractivity contribution in [1.82, 2.24) is 15.0 Å². The topological polar surface area (TPSA) is 103 Å². The lowest BCUT2D eigenvalue weighted by atomic mass is 10.1. The second kappa shape index (κ2) is 4.72. The van der Waals surface area contributed by atoms with Crippen LogP contribution in [0, 0.1) is 10.1 Å². The molecule has 102 valence electrons. The molecule has 1 aliphatic rings. The lowest BCUT2D eigenvalue weighted by molar-refractivity contribution is -0.384. The fourth-order valence-electron chi connectivity index (χ4n) is 2.10. The molecule has 0 saturated heterocycles. The average molecular weight is 273 g/mol. The van der Waals surface area contributed by atoms with Gasteiger partial charge in [0.1, 0.15) is 0 Å². The Morgan fingerprint density at radius 3 is 2.80 bits per heavy atom. The highest BCUT2D eigenvalue weighted by Crippen LogP contribution is 2.21. The average Bonchev–Trinajstić information content (AvgIpc) is 2.90. The van der Waals surface area contributed by atoms with Crippen LogP contribution in [0.1, 0.15) is 22.5 Å². The lowest BCUT2D eigenvalue weighted by Gasteiger charge is -2.14. The minimum Gasteiger partial charge on any atom is -0.368 e. The van der Waals surface area contributed by atoms with Crippen molar-refractivity contribution in [3.05, 3.63) is 45.6 Å². The summed E-state index contributed by atoms with van der Waals surface area (Å²) in [4.78, 5) is 22.4. The quantitative estimate of drug-likeness (QED) is 0.512. The van der Waals surface area contributed by atoms with Gasteiger partial charge < -0.3 is 5.32 Å². The molecule has 8 nitrogen and oxygen atoms in total. The van der Waals surface area contributed by atoms with Crippen LogP contribution < -0.4 is 5.32 Å². The van der Waals surface area contributed by atoms with Crippen molar-refractivity contribution in [3.8, 4) is 0 Å². The third-order valence-corrected chi connectivity index (χ3v) is 3.13. The molecule has 8 heteroatoms. The Bertz CT molecular complexity index is 677. The predicted molar refractivity (Wildman–Crippen MR) is 69.7 cm³/mol. The molecule has 1 aliphatic heterocycles. The largest absolute Gasteiger partial charge is 0.368 e. The number of nitrogens with zero attached hydrogens (tertiary/aromatic N) is 4. The van der Waals surface area contributed by atoms with Crippen LogP contribution in [0.3, 0.4) is 0 Å². The minimum atomic E-state index is -0.504. The van der Waals surface area contributed by atoms with Crippen LogP contribution in [0.25, 0.3) is 0 Å². The number of carbonyl (C=O) groups excluding carboxylic acids is 1. The number of hydrogen-bond acceptors (Lipinski definition) is 6. The van der Waals surface area contributed by atoms with Gasteiger partial charge in [0, 0.05) is 30.8 Å². The molecule has 0 bridgehead atoms. The predicted octanol–water partition coefficient (Wildman–Crippen LogP) is 1.23. The highest BCUT2D eigenvalue weighted by molar-refractivity contribution is 6.10. The van der Waals surface area contributed by atoms with Crippen molar-refractivity contribution in [2.75, 3.05) is 11.9 Å². The van der Waals surface area contributed by atoms with E-state index < -0.39 is 4.92 Å². The molecule has 0 amide bonds. The Labute approximate surface area is 113 Å². The smallest absolute Gasteiger partial charge is 0.269 e. The summed E-state index contributed by atoms with van der Waals surface area (Å²) in [5, 5.41) is 21.5. The minimum absolute atomic E-state index is 0.0512. The first-order valence-corrected chi connectivity index (χ1v) is 6.13. The Balaban J connectivity index is 1.92. The lowest BCUT2D eigenvalue weighted by Crippen LogP contribution is -2.19. The molecule has 1 aromatic carbocycles. The van der Waals surface area contributed by atoms with Gasteiger partial charge in [0.2, 0.25) is 5.78 Å². The molecule has 0 atom stereocenters. The number of nitrogens with one attached hydrogen (secondary N) is 1. The molecule has 0 unspecified atom stereocenters. The van der Waals surface area contributed by atoms with E-state index >= 15 is 0 Å². The van der Waals surface area contributed by atoms with Gasteiger partial charge in [-0.25, -0.2) is 4.68 Å². The number of fused-ring (bicyclic) bond motifs is 1. The van der Waals surface area contributed by atoms with Gasteiger partial charge in [-0.1, -0.05) is 5.21 Å². The number of non-ortho nitro benzene ring substituents is 1. The highest BCUT2D eigenvalue weighted by atomic mass is 16.6. The molecule has 3 rings (SSSR count).